The fourth-order valence-electron chi connectivity index (χ4n) is 4.61. The molecule has 0 aliphatic heterocycles. The summed E-state index contributed by atoms with van der Waals surface area (Å²) in [6.07, 6.45) is 1.56. The topological polar surface area (TPSA) is 112 Å². The highest BCUT2D eigenvalue weighted by atomic mass is 19.1. The molecule has 0 aliphatic carbocycles. The van der Waals surface area contributed by atoms with Gasteiger partial charge < -0.3 is 15.2 Å². The number of ether oxygens (including phenoxy) is 1. The lowest BCUT2D eigenvalue weighted by Crippen LogP contribution is -2.23. The first-order valence-electron chi connectivity index (χ1n) is 14.5. The average Bonchev–Trinajstić information content (AvgIpc) is 3.12. The molecule has 1 heterocycles. The number of nitriles is 1. The Kier molecular flexibility index (Phi) is 10.4. The van der Waals surface area contributed by atoms with Gasteiger partial charge in [-0.25, -0.2) is 14.2 Å². The number of pyridine rings is 1. The van der Waals surface area contributed by atoms with Crippen LogP contribution < -0.4 is 10.1 Å². The zero-order valence-electron chi connectivity index (χ0n) is 25.0. The molecule has 0 radical (unpaired) electrons. The lowest BCUT2D eigenvalue weighted by molar-refractivity contribution is 0.0696. The van der Waals surface area contributed by atoms with E-state index in [2.05, 4.69) is 28.5 Å². The minimum atomic E-state index is -0.988. The molecule has 8 heteroatoms. The Balaban J connectivity index is 0.000000227. The number of rotatable bonds is 8. The number of carboxylic acids is 1. The molecule has 6 rings (SSSR count). The number of aromatic nitrogens is 1. The Bertz CT molecular complexity index is 2040. The first kappa shape index (κ1) is 31.8. The number of hydrogen-bond donors (Lipinski definition) is 2. The van der Waals surface area contributed by atoms with Gasteiger partial charge in [-0.3, -0.25) is 4.79 Å². The number of halogens is 1. The van der Waals surface area contributed by atoms with E-state index in [0.29, 0.717) is 34.5 Å². The van der Waals surface area contributed by atoms with Gasteiger partial charge in [0.05, 0.1) is 17.2 Å². The summed E-state index contributed by atoms with van der Waals surface area (Å²) in [7, 11) is 0. The zero-order chi connectivity index (χ0) is 33.0. The first-order valence-corrected chi connectivity index (χ1v) is 14.5. The van der Waals surface area contributed by atoms with E-state index in [4.69, 9.17) is 15.1 Å². The van der Waals surface area contributed by atoms with E-state index in [1.807, 2.05) is 42.5 Å². The number of nitrogens with one attached hydrogen (secondary N) is 1. The van der Waals surface area contributed by atoms with Crippen molar-refractivity contribution < 1.29 is 23.8 Å². The van der Waals surface area contributed by atoms with E-state index < -0.39 is 5.97 Å². The highest BCUT2D eigenvalue weighted by Gasteiger charge is 2.14. The van der Waals surface area contributed by atoms with Crippen LogP contribution in [-0.4, -0.2) is 22.0 Å². The van der Waals surface area contributed by atoms with Crippen molar-refractivity contribution in [3.63, 3.8) is 0 Å². The van der Waals surface area contributed by atoms with E-state index in [9.17, 15) is 14.0 Å². The number of amides is 1. The van der Waals surface area contributed by atoms with Crippen molar-refractivity contribution in [2.45, 2.75) is 6.54 Å². The predicted molar refractivity (Wildman–Crippen MR) is 177 cm³/mol. The van der Waals surface area contributed by atoms with Crippen molar-refractivity contribution in [2.24, 2.45) is 0 Å². The maximum absolute atomic E-state index is 13.0. The summed E-state index contributed by atoms with van der Waals surface area (Å²) in [6.45, 7) is 0.381. The van der Waals surface area contributed by atoms with Gasteiger partial charge in [0.15, 0.2) is 0 Å². The standard InChI is InChI=1S/C26H19N3O2.C13H9FO2/c27-17-20-6-4-9-23(16-20)31-26-24(10-5-15-28-26)25(30)29-18-19-11-13-22(14-12-19)21-7-2-1-3-8-21;14-12-6-2-4-10(8-12)9-3-1-5-11(7-9)13(15)16/h1-16H,18H2,(H,29,30);1-8H,(H,15,16). The molecule has 0 saturated heterocycles. The molecular weight excluding hydrogens is 593 g/mol. The molecule has 47 heavy (non-hydrogen) atoms. The number of carboxylic acid groups (broad SMARTS) is 1. The number of carbonyl (C=O) groups is 2. The van der Waals surface area contributed by atoms with Crippen LogP contribution in [0.15, 0.2) is 146 Å². The summed E-state index contributed by atoms with van der Waals surface area (Å²) in [5.41, 5.74) is 5.61. The fourth-order valence-corrected chi connectivity index (χ4v) is 4.61. The van der Waals surface area contributed by atoms with Gasteiger partial charge in [0.25, 0.3) is 5.91 Å². The molecule has 2 N–H and O–H groups in total. The van der Waals surface area contributed by atoms with Gasteiger partial charge in [-0.1, -0.05) is 84.9 Å². The third-order valence-electron chi connectivity index (χ3n) is 6.98. The van der Waals surface area contributed by atoms with Crippen LogP contribution in [-0.2, 0) is 6.54 Å². The smallest absolute Gasteiger partial charge is 0.335 e. The molecule has 0 atom stereocenters. The number of nitrogens with zero attached hydrogens (tertiary/aromatic N) is 2. The molecule has 0 spiro atoms. The van der Waals surface area contributed by atoms with Gasteiger partial charge in [-0.2, -0.15) is 5.26 Å². The maximum atomic E-state index is 13.0. The second-order valence-electron chi connectivity index (χ2n) is 10.2. The summed E-state index contributed by atoms with van der Waals surface area (Å²) in [5.74, 6) is -0.971. The van der Waals surface area contributed by atoms with Gasteiger partial charge >= 0.3 is 5.97 Å². The van der Waals surface area contributed by atoms with Crippen molar-refractivity contribution in [1.82, 2.24) is 10.3 Å². The van der Waals surface area contributed by atoms with Crippen LogP contribution in [0.25, 0.3) is 22.3 Å². The third-order valence-corrected chi connectivity index (χ3v) is 6.98. The molecule has 7 nitrogen and oxygen atoms in total. The normalized spacial score (nSPS) is 10.1. The highest BCUT2D eigenvalue weighted by molar-refractivity contribution is 5.96. The molecule has 0 saturated carbocycles. The molecule has 0 fully saturated rings. The van der Waals surface area contributed by atoms with Crippen LogP contribution in [0, 0.1) is 17.1 Å². The number of benzene rings is 5. The van der Waals surface area contributed by atoms with E-state index >= 15 is 0 Å². The van der Waals surface area contributed by atoms with Crippen LogP contribution in [0.1, 0.15) is 31.8 Å². The first-order chi connectivity index (χ1) is 22.9. The van der Waals surface area contributed by atoms with E-state index in [-0.39, 0.29) is 23.2 Å². The lowest BCUT2D eigenvalue weighted by atomic mass is 10.0. The van der Waals surface area contributed by atoms with Crippen molar-refractivity contribution in [3.8, 4) is 40.0 Å². The Hall–Kier alpha value is -6.59. The van der Waals surface area contributed by atoms with Crippen LogP contribution in [0.3, 0.4) is 0 Å². The number of aromatic carboxylic acids is 1. The van der Waals surface area contributed by atoms with Gasteiger partial charge in [0, 0.05) is 12.7 Å². The van der Waals surface area contributed by atoms with Crippen molar-refractivity contribution in [2.75, 3.05) is 0 Å². The monoisotopic (exact) mass is 621 g/mol. The van der Waals surface area contributed by atoms with E-state index in [1.165, 1.54) is 24.3 Å². The van der Waals surface area contributed by atoms with Gasteiger partial charge in [0.2, 0.25) is 5.88 Å². The Morgan fingerprint density at radius 1 is 0.745 bits per heavy atom. The Labute approximate surface area is 271 Å². The second-order valence-corrected chi connectivity index (χ2v) is 10.2. The Morgan fingerprint density at radius 2 is 1.43 bits per heavy atom. The van der Waals surface area contributed by atoms with Gasteiger partial charge in [0.1, 0.15) is 17.1 Å². The molecule has 1 amide bonds. The molecule has 1 aromatic heterocycles. The molecule has 0 aliphatic rings. The summed E-state index contributed by atoms with van der Waals surface area (Å²) in [5, 5.41) is 20.8. The van der Waals surface area contributed by atoms with Crippen LogP contribution in [0.4, 0.5) is 4.39 Å². The molecule has 0 unspecified atom stereocenters. The van der Waals surface area contributed by atoms with Crippen molar-refractivity contribution in [1.29, 1.82) is 5.26 Å². The quantitative estimate of drug-likeness (QED) is 0.176. The van der Waals surface area contributed by atoms with Crippen molar-refractivity contribution in [3.05, 3.63) is 174 Å². The van der Waals surface area contributed by atoms with Crippen LogP contribution >= 0.6 is 0 Å². The maximum Gasteiger partial charge on any atom is 0.335 e. The highest BCUT2D eigenvalue weighted by Crippen LogP contribution is 2.24. The third kappa shape index (κ3) is 8.75. The summed E-state index contributed by atoms with van der Waals surface area (Å²) >= 11 is 0. The summed E-state index contributed by atoms with van der Waals surface area (Å²) in [4.78, 5) is 27.7. The number of hydrogen-bond acceptors (Lipinski definition) is 5. The largest absolute Gasteiger partial charge is 0.478 e. The van der Waals surface area contributed by atoms with Gasteiger partial charge in [-0.15, -0.1) is 0 Å². The average molecular weight is 622 g/mol. The zero-order valence-corrected chi connectivity index (χ0v) is 25.0. The van der Waals surface area contributed by atoms with Crippen LogP contribution in [0.5, 0.6) is 11.6 Å². The second kappa shape index (κ2) is 15.4. The SMILES string of the molecule is N#Cc1cccc(Oc2ncccc2C(=O)NCc2ccc(-c3ccccc3)cc2)c1.O=C(O)c1cccc(-c2cccc(F)c2)c1. The molecule has 5 aromatic carbocycles. The predicted octanol–water partition coefficient (Wildman–Crippen LogP) is 8.53. The van der Waals surface area contributed by atoms with Crippen molar-refractivity contribution >= 4 is 11.9 Å². The van der Waals surface area contributed by atoms with E-state index in [1.54, 1.807) is 66.9 Å². The molecular formula is C39H28FN3O4. The Morgan fingerprint density at radius 3 is 2.15 bits per heavy atom. The minimum absolute atomic E-state index is 0.189. The summed E-state index contributed by atoms with van der Waals surface area (Å²) in [6, 6.07) is 42.8. The molecule has 230 valence electrons. The minimum Gasteiger partial charge on any atom is -0.478 e. The number of carbonyl (C=O) groups excluding carboxylic acids is 1. The molecule has 6 aromatic rings. The molecule has 0 bridgehead atoms. The fraction of sp³-hybridized carbons (Fsp3) is 0.0256. The lowest BCUT2D eigenvalue weighted by Gasteiger charge is -2.11. The van der Waals surface area contributed by atoms with Crippen LogP contribution in [0.2, 0.25) is 0 Å². The van der Waals surface area contributed by atoms with E-state index in [0.717, 1.165) is 16.7 Å². The summed E-state index contributed by atoms with van der Waals surface area (Å²) < 4.78 is 18.8. The van der Waals surface area contributed by atoms with Gasteiger partial charge in [-0.05, 0) is 82.4 Å².